The van der Waals surface area contributed by atoms with Gasteiger partial charge in [-0.1, -0.05) is 48.5 Å². The summed E-state index contributed by atoms with van der Waals surface area (Å²) in [6.45, 7) is 0.985. The zero-order chi connectivity index (χ0) is 20.1. The number of carbonyl (C=O) groups excluding carboxylic acids is 2. The molecule has 0 radical (unpaired) electrons. The van der Waals surface area contributed by atoms with E-state index in [-0.39, 0.29) is 19.2 Å². The molecule has 6 nitrogen and oxygen atoms in total. The Morgan fingerprint density at radius 2 is 1.83 bits per heavy atom. The summed E-state index contributed by atoms with van der Waals surface area (Å²) in [4.78, 5) is 29.7. The summed E-state index contributed by atoms with van der Waals surface area (Å²) in [7, 11) is 0. The maximum absolute atomic E-state index is 12.5. The monoisotopic (exact) mass is 392 g/mol. The summed E-state index contributed by atoms with van der Waals surface area (Å²) in [6, 6.07) is 17.0. The lowest BCUT2D eigenvalue weighted by molar-refractivity contribution is -0.148. The van der Waals surface area contributed by atoms with Gasteiger partial charge in [-0.15, -0.1) is 0 Å². The molecule has 29 heavy (non-hydrogen) atoms. The van der Waals surface area contributed by atoms with Gasteiger partial charge in [0.05, 0.1) is 6.61 Å². The third-order valence-corrected chi connectivity index (χ3v) is 5.26. The van der Waals surface area contributed by atoms with Crippen molar-refractivity contribution >= 4 is 23.0 Å². The van der Waals surface area contributed by atoms with Gasteiger partial charge < -0.3 is 14.5 Å². The van der Waals surface area contributed by atoms with Crippen molar-refractivity contribution in [3.05, 3.63) is 71.9 Å². The van der Waals surface area contributed by atoms with E-state index in [9.17, 15) is 9.59 Å². The van der Waals surface area contributed by atoms with Gasteiger partial charge >= 0.3 is 12.1 Å². The summed E-state index contributed by atoms with van der Waals surface area (Å²) < 4.78 is 10.9. The standard InChI is InChI=1S/C23H24N2O4/c26-22(28-14-12-18-15-24-20-10-5-4-9-19(18)20)21-11-6-13-25(21)23(27)29-16-17-7-2-1-3-8-17/h1-5,7-10,15,21,24H,6,11-14,16H2/t21-/m0/s1. The minimum absolute atomic E-state index is 0.193. The van der Waals surface area contributed by atoms with Crippen molar-refractivity contribution in [2.24, 2.45) is 0 Å². The van der Waals surface area contributed by atoms with E-state index in [1.807, 2.05) is 60.8 Å². The number of nitrogens with one attached hydrogen (secondary N) is 1. The second kappa shape index (κ2) is 8.82. The van der Waals surface area contributed by atoms with Crippen LogP contribution in [0.5, 0.6) is 0 Å². The van der Waals surface area contributed by atoms with Crippen LogP contribution in [0.1, 0.15) is 24.0 Å². The van der Waals surface area contributed by atoms with Crippen LogP contribution in [0.2, 0.25) is 0 Å². The van der Waals surface area contributed by atoms with E-state index in [0.717, 1.165) is 28.5 Å². The predicted molar refractivity (Wildman–Crippen MR) is 109 cm³/mol. The number of H-pyrrole nitrogens is 1. The maximum atomic E-state index is 12.5. The molecule has 1 aliphatic heterocycles. The van der Waals surface area contributed by atoms with E-state index in [4.69, 9.17) is 9.47 Å². The van der Waals surface area contributed by atoms with E-state index in [1.54, 1.807) is 0 Å². The van der Waals surface area contributed by atoms with Crippen LogP contribution in [-0.4, -0.2) is 41.1 Å². The summed E-state index contributed by atoms with van der Waals surface area (Å²) in [5, 5.41) is 1.13. The molecule has 0 aliphatic carbocycles. The van der Waals surface area contributed by atoms with Crippen LogP contribution in [0, 0.1) is 0 Å². The number of rotatable bonds is 6. The summed E-state index contributed by atoms with van der Waals surface area (Å²) in [6.07, 6.45) is 3.47. The highest BCUT2D eigenvalue weighted by atomic mass is 16.6. The Hall–Kier alpha value is -3.28. The van der Waals surface area contributed by atoms with Gasteiger partial charge in [-0.2, -0.15) is 0 Å². The number of ether oxygens (including phenoxy) is 2. The molecule has 4 rings (SSSR count). The summed E-state index contributed by atoms with van der Waals surface area (Å²) in [5.74, 6) is -0.362. The number of aromatic amines is 1. The number of aromatic nitrogens is 1. The van der Waals surface area contributed by atoms with E-state index in [2.05, 4.69) is 4.98 Å². The molecule has 2 heterocycles. The Labute approximate surface area is 169 Å². The smallest absolute Gasteiger partial charge is 0.410 e. The number of hydrogen-bond donors (Lipinski definition) is 1. The van der Waals surface area contributed by atoms with Gasteiger partial charge in [0, 0.05) is 30.1 Å². The van der Waals surface area contributed by atoms with Crippen LogP contribution >= 0.6 is 0 Å². The number of hydrogen-bond acceptors (Lipinski definition) is 4. The zero-order valence-corrected chi connectivity index (χ0v) is 16.2. The fourth-order valence-electron chi connectivity index (χ4n) is 3.73. The second-order valence-electron chi connectivity index (χ2n) is 7.17. The third-order valence-electron chi connectivity index (χ3n) is 5.26. The molecule has 0 bridgehead atoms. The lowest BCUT2D eigenvalue weighted by atomic mass is 10.1. The topological polar surface area (TPSA) is 71.6 Å². The highest BCUT2D eigenvalue weighted by Crippen LogP contribution is 2.21. The van der Waals surface area contributed by atoms with E-state index in [0.29, 0.717) is 19.4 Å². The maximum Gasteiger partial charge on any atom is 0.410 e. The fourth-order valence-corrected chi connectivity index (χ4v) is 3.73. The zero-order valence-electron chi connectivity index (χ0n) is 16.2. The number of fused-ring (bicyclic) bond motifs is 1. The molecule has 0 unspecified atom stereocenters. The minimum Gasteiger partial charge on any atom is -0.464 e. The van der Waals surface area contributed by atoms with E-state index < -0.39 is 12.1 Å². The largest absolute Gasteiger partial charge is 0.464 e. The second-order valence-corrected chi connectivity index (χ2v) is 7.17. The fraction of sp³-hybridized carbons (Fsp3) is 0.304. The Bertz CT molecular complexity index is 983. The lowest BCUT2D eigenvalue weighted by Gasteiger charge is -2.22. The molecule has 150 valence electrons. The highest BCUT2D eigenvalue weighted by Gasteiger charge is 2.36. The average Bonchev–Trinajstić information content (AvgIpc) is 3.40. The van der Waals surface area contributed by atoms with Crippen molar-refractivity contribution in [1.29, 1.82) is 0 Å². The Kier molecular flexibility index (Phi) is 5.79. The number of para-hydroxylation sites is 1. The number of esters is 1. The number of amides is 1. The molecule has 1 aromatic heterocycles. The first-order chi connectivity index (χ1) is 14.2. The molecule has 2 aromatic carbocycles. The molecule has 1 aliphatic rings. The molecule has 1 atom stereocenters. The van der Waals surface area contributed by atoms with E-state index >= 15 is 0 Å². The molecule has 1 N–H and O–H groups in total. The summed E-state index contributed by atoms with van der Waals surface area (Å²) >= 11 is 0. The molecular formula is C23H24N2O4. The van der Waals surface area contributed by atoms with Crippen LogP contribution in [0.15, 0.2) is 60.8 Å². The lowest BCUT2D eigenvalue weighted by Crippen LogP contribution is -2.41. The molecule has 0 spiro atoms. The van der Waals surface area contributed by atoms with Gasteiger partial charge in [0.2, 0.25) is 0 Å². The minimum atomic E-state index is -0.568. The number of likely N-dealkylation sites (tertiary alicyclic amines) is 1. The first-order valence-corrected chi connectivity index (χ1v) is 9.91. The molecular weight excluding hydrogens is 368 g/mol. The van der Waals surface area contributed by atoms with Crippen molar-refractivity contribution in [3.8, 4) is 0 Å². The third kappa shape index (κ3) is 4.42. The Morgan fingerprint density at radius 3 is 2.69 bits per heavy atom. The first kappa shape index (κ1) is 19.1. The van der Waals surface area contributed by atoms with Crippen molar-refractivity contribution in [1.82, 2.24) is 9.88 Å². The Balaban J connectivity index is 1.28. The van der Waals surface area contributed by atoms with Gasteiger partial charge in [-0.3, -0.25) is 4.90 Å². The average molecular weight is 392 g/mol. The van der Waals surface area contributed by atoms with Crippen LogP contribution in [0.4, 0.5) is 4.79 Å². The molecule has 1 amide bonds. The molecule has 0 saturated carbocycles. The molecule has 1 saturated heterocycles. The number of benzene rings is 2. The van der Waals surface area contributed by atoms with Crippen molar-refractivity contribution in [2.45, 2.75) is 31.9 Å². The van der Waals surface area contributed by atoms with Crippen LogP contribution < -0.4 is 0 Å². The van der Waals surface area contributed by atoms with Gasteiger partial charge in [-0.05, 0) is 30.0 Å². The van der Waals surface area contributed by atoms with E-state index in [1.165, 1.54) is 4.90 Å². The SMILES string of the molecule is O=C(OCCc1c[nH]c2ccccc12)[C@@H]1CCCN1C(=O)OCc1ccccc1. The summed E-state index contributed by atoms with van der Waals surface area (Å²) in [5.41, 5.74) is 3.09. The Morgan fingerprint density at radius 1 is 1.03 bits per heavy atom. The van der Waals surface area contributed by atoms with Gasteiger partial charge in [0.1, 0.15) is 12.6 Å². The van der Waals surface area contributed by atoms with Crippen LogP contribution in [-0.2, 0) is 27.3 Å². The molecule has 1 fully saturated rings. The molecule has 3 aromatic rings. The van der Waals surface area contributed by atoms with Gasteiger partial charge in [-0.25, -0.2) is 9.59 Å². The van der Waals surface area contributed by atoms with Crippen LogP contribution in [0.25, 0.3) is 10.9 Å². The molecule has 6 heteroatoms. The van der Waals surface area contributed by atoms with Crippen LogP contribution in [0.3, 0.4) is 0 Å². The highest BCUT2D eigenvalue weighted by molar-refractivity contribution is 5.83. The predicted octanol–water partition coefficient (Wildman–Crippen LogP) is 4.05. The van der Waals surface area contributed by atoms with Gasteiger partial charge in [0.15, 0.2) is 0 Å². The number of nitrogens with zero attached hydrogens (tertiary/aromatic N) is 1. The quantitative estimate of drug-likeness (QED) is 0.643. The first-order valence-electron chi connectivity index (χ1n) is 9.91. The van der Waals surface area contributed by atoms with Crippen molar-refractivity contribution < 1.29 is 19.1 Å². The normalized spacial score (nSPS) is 16.1. The van der Waals surface area contributed by atoms with Crippen molar-refractivity contribution in [2.75, 3.05) is 13.2 Å². The van der Waals surface area contributed by atoms with Gasteiger partial charge in [0.25, 0.3) is 0 Å². The van der Waals surface area contributed by atoms with Crippen molar-refractivity contribution in [3.63, 3.8) is 0 Å². The number of carbonyl (C=O) groups is 2.